The van der Waals surface area contributed by atoms with Crippen molar-refractivity contribution in [3.05, 3.63) is 5.82 Å². The Morgan fingerprint density at radius 2 is 2.29 bits per heavy atom. The summed E-state index contributed by atoms with van der Waals surface area (Å²) in [5, 5.41) is 6.91. The number of hydrogen-bond donors (Lipinski definition) is 1. The summed E-state index contributed by atoms with van der Waals surface area (Å²) in [7, 11) is 0. The molecule has 1 aliphatic heterocycles. The van der Waals surface area contributed by atoms with Gasteiger partial charge in [-0.25, -0.2) is 0 Å². The van der Waals surface area contributed by atoms with E-state index in [4.69, 9.17) is 4.52 Å². The Bertz CT molecular complexity index is 283. The highest BCUT2D eigenvalue weighted by atomic mass is 32.2. The molecule has 1 saturated heterocycles. The molecule has 2 rings (SSSR count). The fourth-order valence-corrected chi connectivity index (χ4v) is 2.76. The summed E-state index contributed by atoms with van der Waals surface area (Å²) in [4.78, 5) is 4.10. The van der Waals surface area contributed by atoms with Crippen LogP contribution in [0.5, 0.6) is 0 Å². The van der Waals surface area contributed by atoms with Crippen molar-refractivity contribution in [2.45, 2.75) is 19.8 Å². The molecule has 1 aromatic heterocycles. The van der Waals surface area contributed by atoms with E-state index in [9.17, 15) is 0 Å². The molecule has 0 aromatic carbocycles. The SMILES string of the molecule is Cc1noc(NCC2CCSCC2)n1. The normalized spacial score (nSPS) is 18.4. The third-order valence-electron chi connectivity index (χ3n) is 2.41. The van der Waals surface area contributed by atoms with Gasteiger partial charge in [0.1, 0.15) is 0 Å². The number of nitrogens with one attached hydrogen (secondary N) is 1. The molecule has 0 radical (unpaired) electrons. The van der Waals surface area contributed by atoms with Gasteiger partial charge in [0.15, 0.2) is 5.82 Å². The highest BCUT2D eigenvalue weighted by molar-refractivity contribution is 7.99. The van der Waals surface area contributed by atoms with E-state index in [0.717, 1.165) is 12.5 Å². The monoisotopic (exact) mass is 213 g/mol. The minimum Gasteiger partial charge on any atom is -0.337 e. The van der Waals surface area contributed by atoms with Crippen LogP contribution < -0.4 is 5.32 Å². The van der Waals surface area contributed by atoms with Crippen LogP contribution in [0.15, 0.2) is 4.52 Å². The second-order valence-corrected chi connectivity index (χ2v) is 4.81. The van der Waals surface area contributed by atoms with Gasteiger partial charge in [-0.15, -0.1) is 0 Å². The molecule has 4 nitrogen and oxygen atoms in total. The number of aromatic nitrogens is 2. The third kappa shape index (κ3) is 2.64. The average molecular weight is 213 g/mol. The van der Waals surface area contributed by atoms with Crippen LogP contribution >= 0.6 is 11.8 Å². The summed E-state index contributed by atoms with van der Waals surface area (Å²) < 4.78 is 4.98. The summed E-state index contributed by atoms with van der Waals surface area (Å²) in [6.45, 7) is 2.79. The first-order valence-electron chi connectivity index (χ1n) is 4.96. The Kier molecular flexibility index (Phi) is 3.29. The maximum absolute atomic E-state index is 4.98. The van der Waals surface area contributed by atoms with Crippen molar-refractivity contribution >= 4 is 17.8 Å². The number of aryl methyl sites for hydroxylation is 1. The zero-order valence-corrected chi connectivity index (χ0v) is 9.14. The van der Waals surface area contributed by atoms with E-state index in [0.29, 0.717) is 11.8 Å². The zero-order chi connectivity index (χ0) is 9.80. The highest BCUT2D eigenvalue weighted by Crippen LogP contribution is 2.22. The van der Waals surface area contributed by atoms with Crippen molar-refractivity contribution in [3.63, 3.8) is 0 Å². The predicted octanol–water partition coefficient (Wildman–Crippen LogP) is 1.93. The van der Waals surface area contributed by atoms with Gasteiger partial charge in [-0.2, -0.15) is 16.7 Å². The lowest BCUT2D eigenvalue weighted by molar-refractivity contribution is 0.418. The van der Waals surface area contributed by atoms with Gasteiger partial charge >= 0.3 is 6.01 Å². The molecule has 0 amide bonds. The fraction of sp³-hybridized carbons (Fsp3) is 0.778. The minimum absolute atomic E-state index is 0.556. The molecule has 0 saturated carbocycles. The lowest BCUT2D eigenvalue weighted by atomic mass is 10.0. The molecule has 5 heteroatoms. The molecule has 1 aliphatic rings. The molecular weight excluding hydrogens is 198 g/mol. The van der Waals surface area contributed by atoms with Gasteiger partial charge < -0.3 is 9.84 Å². The van der Waals surface area contributed by atoms with Crippen molar-refractivity contribution in [3.8, 4) is 0 Å². The summed E-state index contributed by atoms with van der Waals surface area (Å²) >= 11 is 2.05. The van der Waals surface area contributed by atoms with E-state index >= 15 is 0 Å². The van der Waals surface area contributed by atoms with Crippen LogP contribution in [0.4, 0.5) is 6.01 Å². The fourth-order valence-electron chi connectivity index (χ4n) is 1.55. The molecule has 0 aliphatic carbocycles. The molecule has 2 heterocycles. The molecule has 0 bridgehead atoms. The lowest BCUT2D eigenvalue weighted by Crippen LogP contribution is -2.19. The van der Waals surface area contributed by atoms with Crippen LogP contribution in [0.2, 0.25) is 0 Å². The van der Waals surface area contributed by atoms with Crippen molar-refractivity contribution in [1.29, 1.82) is 0 Å². The van der Waals surface area contributed by atoms with Crippen LogP contribution in [-0.2, 0) is 0 Å². The Morgan fingerprint density at radius 1 is 1.50 bits per heavy atom. The zero-order valence-electron chi connectivity index (χ0n) is 8.32. The van der Waals surface area contributed by atoms with Gasteiger partial charge in [0.25, 0.3) is 0 Å². The third-order valence-corrected chi connectivity index (χ3v) is 3.46. The quantitative estimate of drug-likeness (QED) is 0.831. The molecule has 1 N–H and O–H groups in total. The van der Waals surface area contributed by atoms with Gasteiger partial charge in [-0.05, 0) is 37.2 Å². The van der Waals surface area contributed by atoms with E-state index in [2.05, 4.69) is 15.5 Å². The molecule has 14 heavy (non-hydrogen) atoms. The van der Waals surface area contributed by atoms with E-state index in [1.54, 1.807) is 0 Å². The van der Waals surface area contributed by atoms with E-state index in [-0.39, 0.29) is 0 Å². The molecule has 0 unspecified atom stereocenters. The first-order valence-corrected chi connectivity index (χ1v) is 6.12. The topological polar surface area (TPSA) is 51.0 Å². The summed E-state index contributed by atoms with van der Waals surface area (Å²) in [6.07, 6.45) is 2.59. The Hall–Kier alpha value is -0.710. The highest BCUT2D eigenvalue weighted by Gasteiger charge is 2.14. The molecular formula is C9H15N3OS. The first-order chi connectivity index (χ1) is 6.84. The Balaban J connectivity index is 1.76. The maximum atomic E-state index is 4.98. The maximum Gasteiger partial charge on any atom is 0.321 e. The van der Waals surface area contributed by atoms with Gasteiger partial charge in [0.05, 0.1) is 0 Å². The first kappa shape index (κ1) is 9.83. The molecule has 0 atom stereocenters. The minimum atomic E-state index is 0.556. The number of nitrogens with zero attached hydrogens (tertiary/aromatic N) is 2. The van der Waals surface area contributed by atoms with Crippen molar-refractivity contribution in [2.24, 2.45) is 5.92 Å². The second-order valence-electron chi connectivity index (χ2n) is 3.58. The van der Waals surface area contributed by atoms with Crippen molar-refractivity contribution in [2.75, 3.05) is 23.4 Å². The molecule has 1 aromatic rings. The second kappa shape index (κ2) is 4.68. The lowest BCUT2D eigenvalue weighted by Gasteiger charge is -2.20. The van der Waals surface area contributed by atoms with Gasteiger partial charge in [-0.1, -0.05) is 5.16 Å². The predicted molar refractivity (Wildman–Crippen MR) is 57.6 cm³/mol. The molecule has 0 spiro atoms. The molecule has 1 fully saturated rings. The van der Waals surface area contributed by atoms with E-state index in [1.165, 1.54) is 24.3 Å². The standard InChI is InChI=1S/C9H15N3OS/c1-7-11-9(13-12-7)10-6-8-2-4-14-5-3-8/h8H,2-6H2,1H3,(H,10,11,12). The van der Waals surface area contributed by atoms with Gasteiger partial charge in [-0.3, -0.25) is 0 Å². The summed E-state index contributed by atoms with van der Waals surface area (Å²) in [5.74, 6) is 4.03. The number of anilines is 1. The van der Waals surface area contributed by atoms with Crippen LogP contribution in [0, 0.1) is 12.8 Å². The van der Waals surface area contributed by atoms with Gasteiger partial charge in [0.2, 0.25) is 0 Å². The smallest absolute Gasteiger partial charge is 0.321 e. The van der Waals surface area contributed by atoms with Gasteiger partial charge in [0, 0.05) is 6.54 Å². The molecule has 78 valence electrons. The largest absolute Gasteiger partial charge is 0.337 e. The average Bonchev–Trinajstić information content (AvgIpc) is 2.63. The number of hydrogen-bond acceptors (Lipinski definition) is 5. The summed E-state index contributed by atoms with van der Waals surface area (Å²) in [5.41, 5.74) is 0. The van der Waals surface area contributed by atoms with Crippen LogP contribution in [0.25, 0.3) is 0 Å². The number of thioether (sulfide) groups is 1. The van der Waals surface area contributed by atoms with Crippen molar-refractivity contribution in [1.82, 2.24) is 10.1 Å². The van der Waals surface area contributed by atoms with Crippen LogP contribution in [-0.4, -0.2) is 28.2 Å². The van der Waals surface area contributed by atoms with E-state index in [1.807, 2.05) is 18.7 Å². The van der Waals surface area contributed by atoms with Crippen molar-refractivity contribution < 1.29 is 4.52 Å². The van der Waals surface area contributed by atoms with Crippen LogP contribution in [0.3, 0.4) is 0 Å². The Labute approximate surface area is 87.8 Å². The van der Waals surface area contributed by atoms with Crippen LogP contribution in [0.1, 0.15) is 18.7 Å². The number of rotatable bonds is 3. The van der Waals surface area contributed by atoms with E-state index < -0.39 is 0 Å². The Morgan fingerprint density at radius 3 is 2.93 bits per heavy atom. The summed E-state index contributed by atoms with van der Waals surface area (Å²) in [6, 6.07) is 0.556.